The van der Waals surface area contributed by atoms with Crippen molar-refractivity contribution in [1.29, 1.82) is 0 Å². The monoisotopic (exact) mass is 277 g/mol. The molecule has 2 saturated heterocycles. The quantitative estimate of drug-likeness (QED) is 0.780. The van der Waals surface area contributed by atoms with E-state index in [2.05, 4.69) is 10.2 Å². The van der Waals surface area contributed by atoms with Crippen LogP contribution in [0.4, 0.5) is 0 Å². The average molecular weight is 277 g/mol. The number of rotatable bonds is 6. The van der Waals surface area contributed by atoms with Crippen LogP contribution >= 0.6 is 0 Å². The first kappa shape index (κ1) is 13.5. The van der Waals surface area contributed by atoms with Crippen molar-refractivity contribution in [2.75, 3.05) is 26.2 Å². The molecule has 0 radical (unpaired) electrons. The number of nitrogens with two attached hydrogens (primary N) is 1. The molecule has 0 bridgehead atoms. The van der Waals surface area contributed by atoms with E-state index in [0.717, 1.165) is 30.3 Å². The summed E-state index contributed by atoms with van der Waals surface area (Å²) in [6.07, 6.45) is 11.3. The van der Waals surface area contributed by atoms with E-state index < -0.39 is 0 Å². The van der Waals surface area contributed by atoms with Gasteiger partial charge in [-0.15, -0.1) is 0 Å². The molecular weight excluding hydrogens is 246 g/mol. The van der Waals surface area contributed by atoms with Crippen LogP contribution in [0.5, 0.6) is 0 Å². The summed E-state index contributed by atoms with van der Waals surface area (Å²) < 4.78 is 0. The van der Waals surface area contributed by atoms with E-state index in [1.165, 1.54) is 71.0 Å². The van der Waals surface area contributed by atoms with Gasteiger partial charge in [0.2, 0.25) is 0 Å². The summed E-state index contributed by atoms with van der Waals surface area (Å²) in [5.41, 5.74) is 6.47. The third-order valence-corrected chi connectivity index (χ3v) is 6.56. The lowest BCUT2D eigenvalue weighted by molar-refractivity contribution is 0.105. The Labute approximate surface area is 123 Å². The third kappa shape index (κ3) is 2.65. The van der Waals surface area contributed by atoms with E-state index >= 15 is 0 Å². The second-order valence-corrected chi connectivity index (χ2v) is 7.99. The predicted octanol–water partition coefficient (Wildman–Crippen LogP) is 1.97. The number of nitrogens with one attached hydrogen (secondary N) is 1. The van der Waals surface area contributed by atoms with Crippen LogP contribution in [0.3, 0.4) is 0 Å². The van der Waals surface area contributed by atoms with Gasteiger partial charge in [-0.25, -0.2) is 0 Å². The smallest absolute Gasteiger partial charge is 0.0331 e. The van der Waals surface area contributed by atoms with Crippen LogP contribution in [0.15, 0.2) is 0 Å². The van der Waals surface area contributed by atoms with Gasteiger partial charge in [0.1, 0.15) is 0 Å². The summed E-state index contributed by atoms with van der Waals surface area (Å²) in [5.74, 6) is 3.08. The van der Waals surface area contributed by atoms with E-state index in [9.17, 15) is 0 Å². The van der Waals surface area contributed by atoms with Crippen LogP contribution in [0, 0.1) is 17.8 Å². The minimum atomic E-state index is 0.257. The van der Waals surface area contributed by atoms with E-state index in [-0.39, 0.29) is 5.54 Å². The maximum Gasteiger partial charge on any atom is 0.0331 e. The molecule has 0 aromatic heterocycles. The fourth-order valence-corrected chi connectivity index (χ4v) is 4.85. The van der Waals surface area contributed by atoms with Gasteiger partial charge in [-0.1, -0.05) is 0 Å². The van der Waals surface area contributed by atoms with Gasteiger partial charge in [0, 0.05) is 24.7 Å². The molecule has 4 rings (SSSR count). The Morgan fingerprint density at radius 2 is 1.85 bits per heavy atom. The minimum absolute atomic E-state index is 0.257. The maximum absolute atomic E-state index is 6.21. The predicted molar refractivity (Wildman–Crippen MR) is 82.6 cm³/mol. The van der Waals surface area contributed by atoms with Crippen LogP contribution in [0.2, 0.25) is 0 Å². The molecule has 2 aliphatic carbocycles. The van der Waals surface area contributed by atoms with Crippen molar-refractivity contribution in [3.63, 3.8) is 0 Å². The van der Waals surface area contributed by atoms with Gasteiger partial charge in [-0.2, -0.15) is 0 Å². The molecule has 2 heterocycles. The zero-order valence-corrected chi connectivity index (χ0v) is 12.8. The lowest BCUT2D eigenvalue weighted by Gasteiger charge is -2.45. The second-order valence-electron chi connectivity index (χ2n) is 7.99. The van der Waals surface area contributed by atoms with Crippen LogP contribution in [0.25, 0.3) is 0 Å². The molecule has 114 valence electrons. The Balaban J connectivity index is 1.37. The van der Waals surface area contributed by atoms with Crippen molar-refractivity contribution in [3.8, 4) is 0 Å². The highest BCUT2D eigenvalue weighted by molar-refractivity contribution is 5.02. The Morgan fingerprint density at radius 3 is 2.50 bits per heavy atom. The first-order valence-electron chi connectivity index (χ1n) is 8.99. The normalized spacial score (nSPS) is 38.4. The number of hydrogen-bond acceptors (Lipinski definition) is 3. The summed E-state index contributed by atoms with van der Waals surface area (Å²) >= 11 is 0. The fraction of sp³-hybridized carbons (Fsp3) is 1.00. The van der Waals surface area contributed by atoms with Gasteiger partial charge in [-0.3, -0.25) is 0 Å². The standard InChI is InChI=1S/C17H31N3/c18-12-17(7-9-20-8-1-2-15(20)10-17)19-11-16(13-3-4-13)14-5-6-14/h13-16,19H,1-12,18H2. The van der Waals surface area contributed by atoms with E-state index in [4.69, 9.17) is 5.73 Å². The first-order chi connectivity index (χ1) is 9.80. The molecule has 0 aromatic rings. The van der Waals surface area contributed by atoms with Crippen molar-refractivity contribution in [2.24, 2.45) is 23.5 Å². The van der Waals surface area contributed by atoms with Crippen molar-refractivity contribution in [3.05, 3.63) is 0 Å². The van der Waals surface area contributed by atoms with Gasteiger partial charge in [-0.05, 0) is 82.2 Å². The third-order valence-electron chi connectivity index (χ3n) is 6.56. The highest BCUT2D eigenvalue weighted by atomic mass is 15.2. The van der Waals surface area contributed by atoms with E-state index in [1.54, 1.807) is 0 Å². The molecule has 3 N–H and O–H groups in total. The second kappa shape index (κ2) is 5.26. The topological polar surface area (TPSA) is 41.3 Å². The van der Waals surface area contributed by atoms with Crippen LogP contribution in [0.1, 0.15) is 51.4 Å². The number of hydrogen-bond donors (Lipinski definition) is 2. The molecule has 4 fully saturated rings. The van der Waals surface area contributed by atoms with Crippen LogP contribution in [-0.4, -0.2) is 42.7 Å². The van der Waals surface area contributed by atoms with Crippen molar-refractivity contribution in [1.82, 2.24) is 10.2 Å². The maximum atomic E-state index is 6.21. The Bertz CT molecular complexity index is 338. The number of fused-ring (bicyclic) bond motifs is 1. The molecule has 3 heteroatoms. The molecule has 2 aliphatic heterocycles. The fourth-order valence-electron chi connectivity index (χ4n) is 4.85. The highest BCUT2D eigenvalue weighted by Crippen LogP contribution is 2.49. The Morgan fingerprint density at radius 1 is 1.10 bits per heavy atom. The molecule has 0 amide bonds. The number of piperidine rings is 1. The molecule has 20 heavy (non-hydrogen) atoms. The van der Waals surface area contributed by atoms with Gasteiger partial charge >= 0.3 is 0 Å². The zero-order valence-electron chi connectivity index (χ0n) is 12.8. The van der Waals surface area contributed by atoms with E-state index in [1.807, 2.05) is 0 Å². The molecule has 2 atom stereocenters. The summed E-state index contributed by atoms with van der Waals surface area (Å²) in [6.45, 7) is 4.68. The van der Waals surface area contributed by atoms with Gasteiger partial charge in [0.25, 0.3) is 0 Å². The van der Waals surface area contributed by atoms with Gasteiger partial charge in [0.15, 0.2) is 0 Å². The van der Waals surface area contributed by atoms with Crippen LogP contribution in [-0.2, 0) is 0 Å². The molecule has 3 nitrogen and oxygen atoms in total. The molecule has 0 aromatic carbocycles. The molecule has 0 spiro atoms. The van der Waals surface area contributed by atoms with E-state index in [0.29, 0.717) is 0 Å². The summed E-state index contributed by atoms with van der Waals surface area (Å²) in [7, 11) is 0. The van der Waals surface area contributed by atoms with Crippen LogP contribution < -0.4 is 11.1 Å². The van der Waals surface area contributed by atoms with Gasteiger partial charge in [0.05, 0.1) is 0 Å². The Hall–Kier alpha value is -0.120. The summed E-state index contributed by atoms with van der Waals surface area (Å²) in [4.78, 5) is 2.70. The largest absolute Gasteiger partial charge is 0.329 e. The first-order valence-corrected chi connectivity index (χ1v) is 8.99. The van der Waals surface area contributed by atoms with Crippen molar-refractivity contribution < 1.29 is 0 Å². The SMILES string of the molecule is NCC1(NCC(C2CC2)C2CC2)CCN2CCCC2C1. The molecule has 2 unspecified atom stereocenters. The van der Waals surface area contributed by atoms with Gasteiger partial charge < -0.3 is 16.0 Å². The molecular formula is C17H31N3. The van der Waals surface area contributed by atoms with Crippen molar-refractivity contribution in [2.45, 2.75) is 62.9 Å². The highest BCUT2D eigenvalue weighted by Gasteiger charge is 2.44. The Kier molecular flexibility index (Phi) is 3.56. The lowest BCUT2D eigenvalue weighted by Crippen LogP contribution is -2.60. The average Bonchev–Trinajstić information content (AvgIpc) is 3.39. The van der Waals surface area contributed by atoms with Crippen molar-refractivity contribution >= 4 is 0 Å². The summed E-state index contributed by atoms with van der Waals surface area (Å²) in [6, 6.07) is 0.820. The molecule has 2 saturated carbocycles. The lowest BCUT2D eigenvalue weighted by atomic mass is 9.82. The minimum Gasteiger partial charge on any atom is -0.329 e. The number of nitrogens with zero attached hydrogens (tertiary/aromatic N) is 1. The molecule has 4 aliphatic rings. The summed E-state index contributed by atoms with van der Waals surface area (Å²) in [5, 5.41) is 3.99. The zero-order chi connectivity index (χ0) is 13.6.